The summed E-state index contributed by atoms with van der Waals surface area (Å²) in [4.78, 5) is 0.113. The quantitative estimate of drug-likeness (QED) is 0.864. The fourth-order valence-corrected chi connectivity index (χ4v) is 1.49. The third-order valence-corrected chi connectivity index (χ3v) is 2.49. The summed E-state index contributed by atoms with van der Waals surface area (Å²) in [6.45, 7) is 0. The predicted molar refractivity (Wildman–Crippen MR) is 68.8 cm³/mol. The Hall–Kier alpha value is -2.01. The van der Waals surface area contributed by atoms with Gasteiger partial charge in [0, 0.05) is 5.56 Å². The molecular formula is C13H9F2NOS. The molecule has 2 nitrogen and oxygen atoms in total. The van der Waals surface area contributed by atoms with Gasteiger partial charge in [-0.2, -0.15) is 0 Å². The smallest absolute Gasteiger partial charge is 0.166 e. The highest BCUT2D eigenvalue weighted by Gasteiger charge is 2.07. The topological polar surface area (TPSA) is 35.2 Å². The van der Waals surface area contributed by atoms with Crippen molar-refractivity contribution in [3.63, 3.8) is 0 Å². The zero-order valence-corrected chi connectivity index (χ0v) is 10.0. The Morgan fingerprint density at radius 3 is 2.28 bits per heavy atom. The van der Waals surface area contributed by atoms with Gasteiger partial charge < -0.3 is 10.5 Å². The third-order valence-electron chi connectivity index (χ3n) is 2.26. The fourth-order valence-electron chi connectivity index (χ4n) is 1.37. The first-order valence-electron chi connectivity index (χ1n) is 5.09. The van der Waals surface area contributed by atoms with Gasteiger partial charge in [0.05, 0.1) is 0 Å². The molecule has 2 aromatic rings. The van der Waals surface area contributed by atoms with Crippen molar-refractivity contribution in [1.82, 2.24) is 0 Å². The average Bonchev–Trinajstić information content (AvgIpc) is 2.34. The zero-order chi connectivity index (χ0) is 13.1. The summed E-state index contributed by atoms with van der Waals surface area (Å²) in [5.74, 6) is -0.587. The van der Waals surface area contributed by atoms with Crippen molar-refractivity contribution >= 4 is 17.2 Å². The number of nitrogens with two attached hydrogens (primary N) is 1. The maximum atomic E-state index is 13.7. The molecule has 0 aliphatic carbocycles. The van der Waals surface area contributed by atoms with Gasteiger partial charge in [0.15, 0.2) is 11.6 Å². The van der Waals surface area contributed by atoms with E-state index in [0.717, 1.165) is 0 Å². The van der Waals surface area contributed by atoms with Crippen molar-refractivity contribution in [1.29, 1.82) is 0 Å². The van der Waals surface area contributed by atoms with Crippen LogP contribution in [0.2, 0.25) is 0 Å². The molecule has 0 heterocycles. The van der Waals surface area contributed by atoms with Crippen molar-refractivity contribution in [2.45, 2.75) is 0 Å². The second kappa shape index (κ2) is 5.10. The van der Waals surface area contributed by atoms with Crippen molar-refractivity contribution in [3.05, 3.63) is 59.7 Å². The van der Waals surface area contributed by atoms with Gasteiger partial charge in [-0.3, -0.25) is 0 Å². The Morgan fingerprint density at radius 1 is 1.06 bits per heavy atom. The third kappa shape index (κ3) is 2.81. The van der Waals surface area contributed by atoms with E-state index in [1.54, 1.807) is 6.07 Å². The van der Waals surface area contributed by atoms with Crippen LogP contribution in [0.15, 0.2) is 42.5 Å². The average molecular weight is 265 g/mol. The minimum atomic E-state index is -0.579. The van der Waals surface area contributed by atoms with Gasteiger partial charge >= 0.3 is 0 Å². The lowest BCUT2D eigenvalue weighted by Crippen LogP contribution is -2.09. The second-order valence-electron chi connectivity index (χ2n) is 3.57. The van der Waals surface area contributed by atoms with E-state index < -0.39 is 5.82 Å². The molecular weight excluding hydrogens is 256 g/mol. The number of hydrogen-bond donors (Lipinski definition) is 1. The number of rotatable bonds is 3. The number of hydrogen-bond acceptors (Lipinski definition) is 2. The first kappa shape index (κ1) is 12.4. The lowest BCUT2D eigenvalue weighted by atomic mass is 10.2. The van der Waals surface area contributed by atoms with E-state index in [1.807, 2.05) is 0 Å². The highest BCUT2D eigenvalue weighted by atomic mass is 32.1. The molecule has 0 aromatic heterocycles. The summed E-state index contributed by atoms with van der Waals surface area (Å²) >= 11 is 4.74. The van der Waals surface area contributed by atoms with E-state index in [9.17, 15) is 8.78 Å². The van der Waals surface area contributed by atoms with Gasteiger partial charge in [0.1, 0.15) is 16.6 Å². The van der Waals surface area contributed by atoms with Gasteiger partial charge in [0.25, 0.3) is 0 Å². The number of halogens is 2. The molecule has 0 saturated heterocycles. The number of benzene rings is 2. The Labute approximate surface area is 108 Å². The largest absolute Gasteiger partial charge is 0.454 e. The summed E-state index contributed by atoms with van der Waals surface area (Å²) in [6.07, 6.45) is 0. The van der Waals surface area contributed by atoms with Gasteiger partial charge in [-0.05, 0) is 42.5 Å². The van der Waals surface area contributed by atoms with Crippen LogP contribution < -0.4 is 10.5 Å². The van der Waals surface area contributed by atoms with E-state index in [1.165, 1.54) is 36.4 Å². The monoisotopic (exact) mass is 265 g/mol. The van der Waals surface area contributed by atoms with Gasteiger partial charge in [-0.15, -0.1) is 0 Å². The molecule has 0 aliphatic heterocycles. The first-order chi connectivity index (χ1) is 8.56. The van der Waals surface area contributed by atoms with Crippen molar-refractivity contribution in [2.24, 2.45) is 5.73 Å². The van der Waals surface area contributed by atoms with E-state index in [2.05, 4.69) is 0 Å². The maximum absolute atomic E-state index is 13.7. The maximum Gasteiger partial charge on any atom is 0.166 e. The van der Waals surface area contributed by atoms with Crippen molar-refractivity contribution < 1.29 is 13.5 Å². The van der Waals surface area contributed by atoms with Crippen LogP contribution in [-0.2, 0) is 0 Å². The number of ether oxygens (including phenoxy) is 1. The van der Waals surface area contributed by atoms with Crippen molar-refractivity contribution in [2.75, 3.05) is 0 Å². The Bertz CT molecular complexity index is 584. The van der Waals surface area contributed by atoms with Gasteiger partial charge in [0.2, 0.25) is 0 Å². The molecule has 18 heavy (non-hydrogen) atoms. The normalized spacial score (nSPS) is 10.1. The summed E-state index contributed by atoms with van der Waals surface area (Å²) in [6, 6.07) is 9.47. The fraction of sp³-hybridized carbons (Fsp3) is 0. The SMILES string of the molecule is NC(=S)c1ccc(Oc2ccc(F)cc2)c(F)c1. The lowest BCUT2D eigenvalue weighted by Gasteiger charge is -2.07. The minimum Gasteiger partial charge on any atom is -0.454 e. The molecule has 0 atom stereocenters. The van der Waals surface area contributed by atoms with Gasteiger partial charge in [-0.25, -0.2) is 8.78 Å². The van der Waals surface area contributed by atoms with E-state index >= 15 is 0 Å². The Morgan fingerprint density at radius 2 is 1.72 bits per heavy atom. The van der Waals surface area contributed by atoms with Crippen LogP contribution in [0.3, 0.4) is 0 Å². The predicted octanol–water partition coefficient (Wildman–Crippen LogP) is 3.39. The van der Waals surface area contributed by atoms with Crippen molar-refractivity contribution in [3.8, 4) is 11.5 Å². The summed E-state index contributed by atoms with van der Waals surface area (Å²) in [7, 11) is 0. The molecule has 92 valence electrons. The summed E-state index contributed by atoms with van der Waals surface area (Å²) in [5, 5.41) is 0. The molecule has 0 spiro atoms. The molecule has 2 rings (SSSR count). The molecule has 5 heteroatoms. The van der Waals surface area contributed by atoms with Crippen LogP contribution in [-0.4, -0.2) is 4.99 Å². The molecule has 0 amide bonds. The minimum absolute atomic E-state index is 0.0293. The molecule has 2 aromatic carbocycles. The van der Waals surface area contributed by atoms with Crippen LogP contribution in [0.4, 0.5) is 8.78 Å². The van der Waals surface area contributed by atoms with Gasteiger partial charge in [-0.1, -0.05) is 12.2 Å². The Kier molecular flexibility index (Phi) is 3.53. The van der Waals surface area contributed by atoms with Crippen LogP contribution in [0, 0.1) is 11.6 Å². The summed E-state index contributed by atoms with van der Waals surface area (Å²) in [5.41, 5.74) is 5.81. The molecule has 0 saturated carbocycles. The van der Waals surface area contributed by atoms with E-state index in [-0.39, 0.29) is 16.6 Å². The molecule has 0 radical (unpaired) electrons. The molecule has 2 N–H and O–H groups in total. The van der Waals surface area contributed by atoms with Crippen LogP contribution in [0.5, 0.6) is 11.5 Å². The van der Waals surface area contributed by atoms with Crippen LogP contribution >= 0.6 is 12.2 Å². The lowest BCUT2D eigenvalue weighted by molar-refractivity contribution is 0.441. The summed E-state index contributed by atoms with van der Waals surface area (Å²) < 4.78 is 31.6. The molecule has 0 aliphatic rings. The van der Waals surface area contributed by atoms with Crippen LogP contribution in [0.1, 0.15) is 5.56 Å². The number of thiocarbonyl (C=S) groups is 1. The van der Waals surface area contributed by atoms with E-state index in [4.69, 9.17) is 22.7 Å². The highest BCUT2D eigenvalue weighted by Crippen LogP contribution is 2.25. The Balaban J connectivity index is 2.24. The van der Waals surface area contributed by atoms with E-state index in [0.29, 0.717) is 11.3 Å². The molecule has 0 fully saturated rings. The second-order valence-corrected chi connectivity index (χ2v) is 4.01. The molecule has 0 bridgehead atoms. The van der Waals surface area contributed by atoms with Crippen LogP contribution in [0.25, 0.3) is 0 Å². The standard InChI is InChI=1S/C13H9F2NOS/c14-9-2-4-10(5-3-9)17-12-6-1-8(13(16)18)7-11(12)15/h1-7H,(H2,16,18). The highest BCUT2D eigenvalue weighted by molar-refractivity contribution is 7.80. The first-order valence-corrected chi connectivity index (χ1v) is 5.50. The zero-order valence-electron chi connectivity index (χ0n) is 9.19. The molecule has 0 unspecified atom stereocenters.